The highest BCUT2D eigenvalue weighted by Gasteiger charge is 2.17. The Kier molecular flexibility index (Phi) is 3.76. The van der Waals surface area contributed by atoms with E-state index in [0.29, 0.717) is 5.69 Å². The van der Waals surface area contributed by atoms with Gasteiger partial charge in [0.15, 0.2) is 0 Å². The molecule has 0 aliphatic rings. The molecule has 6 heteroatoms. The highest BCUT2D eigenvalue weighted by molar-refractivity contribution is 5.92. The molecule has 2 heterocycles. The van der Waals surface area contributed by atoms with Gasteiger partial charge in [-0.1, -0.05) is 13.8 Å². The molecule has 6 nitrogen and oxygen atoms in total. The van der Waals surface area contributed by atoms with Gasteiger partial charge in [0.2, 0.25) is 0 Å². The minimum Gasteiger partial charge on any atom is -0.347 e. The molecule has 0 radical (unpaired) electrons. The Morgan fingerprint density at radius 2 is 2.33 bits per heavy atom. The van der Waals surface area contributed by atoms with E-state index in [1.807, 2.05) is 13.8 Å². The fraction of sp³-hybridized carbons (Fsp3) is 0.417. The second-order valence-electron chi connectivity index (χ2n) is 4.04. The minimum atomic E-state index is -0.186. The Morgan fingerprint density at radius 1 is 1.50 bits per heavy atom. The van der Waals surface area contributed by atoms with Crippen LogP contribution in [0.1, 0.15) is 48.3 Å². The summed E-state index contributed by atoms with van der Waals surface area (Å²) in [6, 6.07) is 1.65. The lowest BCUT2D eigenvalue weighted by Crippen LogP contribution is -2.29. The zero-order valence-corrected chi connectivity index (χ0v) is 10.5. The van der Waals surface area contributed by atoms with Gasteiger partial charge >= 0.3 is 0 Å². The summed E-state index contributed by atoms with van der Waals surface area (Å²) in [5.74, 6) is 0.575. The van der Waals surface area contributed by atoms with E-state index in [4.69, 9.17) is 0 Å². The lowest BCUT2D eigenvalue weighted by Gasteiger charge is -2.13. The number of nitrogens with zero attached hydrogens (tertiary/aromatic N) is 2. The molecule has 0 aliphatic heterocycles. The van der Waals surface area contributed by atoms with Crippen molar-refractivity contribution in [3.8, 4) is 0 Å². The van der Waals surface area contributed by atoms with Crippen molar-refractivity contribution in [2.24, 2.45) is 0 Å². The van der Waals surface area contributed by atoms with E-state index in [-0.39, 0.29) is 11.9 Å². The molecular weight excluding hydrogens is 230 g/mol. The van der Waals surface area contributed by atoms with Gasteiger partial charge in [-0.25, -0.2) is 4.98 Å². The highest BCUT2D eigenvalue weighted by Crippen LogP contribution is 2.12. The first-order valence-corrected chi connectivity index (χ1v) is 6.09. The molecule has 2 rings (SSSR count). The molecule has 0 bridgehead atoms. The van der Waals surface area contributed by atoms with Gasteiger partial charge in [-0.2, -0.15) is 5.10 Å². The Morgan fingerprint density at radius 3 is 2.89 bits per heavy atom. The SMILES string of the molecule is CCc1cc(C(=O)NC(CC)c2ncc[nH]2)n[nH]1. The van der Waals surface area contributed by atoms with Crippen LogP contribution in [0.2, 0.25) is 0 Å². The van der Waals surface area contributed by atoms with Crippen molar-refractivity contribution in [1.29, 1.82) is 0 Å². The number of amides is 1. The molecule has 3 N–H and O–H groups in total. The maximum atomic E-state index is 12.0. The van der Waals surface area contributed by atoms with Crippen LogP contribution in [0.25, 0.3) is 0 Å². The van der Waals surface area contributed by atoms with E-state index in [1.54, 1.807) is 18.5 Å². The van der Waals surface area contributed by atoms with Crippen molar-refractivity contribution in [3.63, 3.8) is 0 Å². The fourth-order valence-electron chi connectivity index (χ4n) is 1.72. The van der Waals surface area contributed by atoms with E-state index in [2.05, 4.69) is 25.5 Å². The normalized spacial score (nSPS) is 12.3. The number of rotatable bonds is 5. The monoisotopic (exact) mass is 247 g/mol. The molecule has 1 unspecified atom stereocenters. The summed E-state index contributed by atoms with van der Waals surface area (Å²) in [6.45, 7) is 4.00. The molecule has 0 saturated heterocycles. The number of aryl methyl sites for hydroxylation is 1. The fourth-order valence-corrected chi connectivity index (χ4v) is 1.72. The van der Waals surface area contributed by atoms with Gasteiger partial charge < -0.3 is 10.3 Å². The maximum Gasteiger partial charge on any atom is 0.272 e. The molecule has 1 amide bonds. The van der Waals surface area contributed by atoms with E-state index in [1.165, 1.54) is 0 Å². The zero-order valence-electron chi connectivity index (χ0n) is 10.5. The van der Waals surface area contributed by atoms with Crippen LogP contribution >= 0.6 is 0 Å². The molecule has 2 aromatic heterocycles. The smallest absolute Gasteiger partial charge is 0.272 e. The quantitative estimate of drug-likeness (QED) is 0.749. The topological polar surface area (TPSA) is 86.5 Å². The lowest BCUT2D eigenvalue weighted by molar-refractivity contribution is 0.0929. The first-order valence-electron chi connectivity index (χ1n) is 6.09. The van der Waals surface area contributed by atoms with Gasteiger partial charge in [0.25, 0.3) is 5.91 Å². The van der Waals surface area contributed by atoms with Crippen molar-refractivity contribution >= 4 is 5.91 Å². The number of imidazole rings is 1. The van der Waals surface area contributed by atoms with Gasteiger partial charge in [0.1, 0.15) is 11.5 Å². The first-order chi connectivity index (χ1) is 8.74. The van der Waals surface area contributed by atoms with Crippen molar-refractivity contribution in [2.75, 3.05) is 0 Å². The molecule has 96 valence electrons. The maximum absolute atomic E-state index is 12.0. The Balaban J connectivity index is 2.06. The highest BCUT2D eigenvalue weighted by atomic mass is 16.2. The average molecular weight is 247 g/mol. The molecule has 2 aromatic rings. The summed E-state index contributed by atoms with van der Waals surface area (Å²) < 4.78 is 0. The summed E-state index contributed by atoms with van der Waals surface area (Å²) >= 11 is 0. The van der Waals surface area contributed by atoms with Crippen LogP contribution in [-0.2, 0) is 6.42 Å². The largest absolute Gasteiger partial charge is 0.347 e. The van der Waals surface area contributed by atoms with Gasteiger partial charge in [-0.3, -0.25) is 9.89 Å². The number of nitrogens with one attached hydrogen (secondary N) is 3. The number of hydrogen-bond donors (Lipinski definition) is 3. The number of H-pyrrole nitrogens is 2. The predicted octanol–water partition coefficient (Wildman–Crippen LogP) is 1.58. The molecule has 1 atom stereocenters. The second kappa shape index (κ2) is 5.48. The third kappa shape index (κ3) is 2.58. The van der Waals surface area contributed by atoms with Crippen LogP contribution in [0, 0.1) is 0 Å². The number of aromatic nitrogens is 4. The van der Waals surface area contributed by atoms with E-state index >= 15 is 0 Å². The number of hydrogen-bond acceptors (Lipinski definition) is 3. The van der Waals surface area contributed by atoms with Crippen molar-refractivity contribution < 1.29 is 4.79 Å². The third-order valence-electron chi connectivity index (χ3n) is 2.81. The molecule has 0 fully saturated rings. The lowest BCUT2D eigenvalue weighted by atomic mass is 10.2. The van der Waals surface area contributed by atoms with Gasteiger partial charge in [0.05, 0.1) is 6.04 Å². The first kappa shape index (κ1) is 12.3. The van der Waals surface area contributed by atoms with Gasteiger partial charge in [-0.05, 0) is 18.9 Å². The third-order valence-corrected chi connectivity index (χ3v) is 2.81. The van der Waals surface area contributed by atoms with Crippen molar-refractivity contribution in [3.05, 3.63) is 35.7 Å². The van der Waals surface area contributed by atoms with Gasteiger partial charge in [0, 0.05) is 18.1 Å². The summed E-state index contributed by atoms with van der Waals surface area (Å²) in [6.07, 6.45) is 5.02. The average Bonchev–Trinajstić information content (AvgIpc) is 3.05. The van der Waals surface area contributed by atoms with E-state index < -0.39 is 0 Å². The number of carbonyl (C=O) groups excluding carboxylic acids is 1. The Hall–Kier alpha value is -2.11. The molecular formula is C12H17N5O. The number of carbonyl (C=O) groups is 1. The summed E-state index contributed by atoms with van der Waals surface area (Å²) in [7, 11) is 0. The molecule has 0 spiro atoms. The van der Waals surface area contributed by atoms with Crippen LogP contribution in [0.3, 0.4) is 0 Å². The summed E-state index contributed by atoms with van der Waals surface area (Å²) in [5.41, 5.74) is 1.36. The molecule has 0 aliphatic carbocycles. The summed E-state index contributed by atoms with van der Waals surface area (Å²) in [4.78, 5) is 19.2. The van der Waals surface area contributed by atoms with E-state index in [9.17, 15) is 4.79 Å². The van der Waals surface area contributed by atoms with Crippen LogP contribution in [0.15, 0.2) is 18.5 Å². The van der Waals surface area contributed by atoms with Crippen LogP contribution < -0.4 is 5.32 Å². The molecule has 0 aromatic carbocycles. The van der Waals surface area contributed by atoms with Crippen LogP contribution in [-0.4, -0.2) is 26.1 Å². The van der Waals surface area contributed by atoms with Crippen molar-refractivity contribution in [2.45, 2.75) is 32.7 Å². The number of aromatic amines is 2. The standard InChI is InChI=1S/C12H17N5O/c1-3-8-7-10(17-16-8)12(18)15-9(4-2)11-13-5-6-14-11/h5-7,9H,3-4H2,1-2H3,(H,13,14)(H,15,18)(H,16,17). The molecule has 0 saturated carbocycles. The second-order valence-corrected chi connectivity index (χ2v) is 4.04. The predicted molar refractivity (Wildman–Crippen MR) is 67.1 cm³/mol. The molecule has 18 heavy (non-hydrogen) atoms. The van der Waals surface area contributed by atoms with Crippen LogP contribution in [0.5, 0.6) is 0 Å². The van der Waals surface area contributed by atoms with Crippen molar-refractivity contribution in [1.82, 2.24) is 25.5 Å². The zero-order chi connectivity index (χ0) is 13.0. The van der Waals surface area contributed by atoms with Crippen LogP contribution in [0.4, 0.5) is 0 Å². The Labute approximate surface area is 105 Å². The van der Waals surface area contributed by atoms with Gasteiger partial charge in [-0.15, -0.1) is 0 Å². The minimum absolute atomic E-state index is 0.116. The summed E-state index contributed by atoms with van der Waals surface area (Å²) in [5, 5.41) is 9.72. The Bertz CT molecular complexity index is 502. The van der Waals surface area contributed by atoms with E-state index in [0.717, 1.165) is 24.4 Å².